The van der Waals surface area contributed by atoms with Crippen molar-refractivity contribution in [1.29, 1.82) is 0 Å². The van der Waals surface area contributed by atoms with Gasteiger partial charge in [-0.3, -0.25) is 0 Å². The van der Waals surface area contributed by atoms with E-state index in [1.807, 2.05) is 6.20 Å². The fraction of sp³-hybridized carbons (Fsp3) is 0.417. The second-order valence-electron chi connectivity index (χ2n) is 8.79. The number of carbonyl (C=O) groups excluding carboxylic acids is 1. The van der Waals surface area contributed by atoms with Crippen molar-refractivity contribution < 1.29 is 13.7 Å². The number of carbonyl (C=O) groups is 1. The van der Waals surface area contributed by atoms with E-state index in [-0.39, 0.29) is 11.1 Å². The Hall–Kier alpha value is -3.20. The van der Waals surface area contributed by atoms with E-state index in [2.05, 4.69) is 20.8 Å². The van der Waals surface area contributed by atoms with Crippen LogP contribution in [0.5, 0.6) is 0 Å². The predicted octanol–water partition coefficient (Wildman–Crippen LogP) is 4.86. The molecule has 0 bridgehead atoms. The minimum absolute atomic E-state index is 0.0105. The zero-order chi connectivity index (χ0) is 23.5. The third-order valence-electron chi connectivity index (χ3n) is 6.46. The van der Waals surface area contributed by atoms with Crippen LogP contribution in [0, 0.1) is 5.82 Å². The molecule has 2 amide bonds. The van der Waals surface area contributed by atoms with Crippen LogP contribution < -0.4 is 10.6 Å². The van der Waals surface area contributed by atoms with Gasteiger partial charge in [0.1, 0.15) is 11.9 Å². The highest BCUT2D eigenvalue weighted by Crippen LogP contribution is 2.27. The summed E-state index contributed by atoms with van der Waals surface area (Å²) in [6, 6.07) is 5.42. The lowest BCUT2D eigenvalue weighted by Gasteiger charge is -2.30. The lowest BCUT2D eigenvalue weighted by molar-refractivity contribution is 0.187. The number of benzene rings is 1. The van der Waals surface area contributed by atoms with E-state index in [1.165, 1.54) is 37.6 Å². The number of urea groups is 1. The smallest absolute Gasteiger partial charge is 0.318 e. The van der Waals surface area contributed by atoms with Gasteiger partial charge < -0.3 is 20.1 Å². The third-order valence-corrected chi connectivity index (χ3v) is 6.77. The van der Waals surface area contributed by atoms with Crippen LogP contribution in [-0.2, 0) is 13.0 Å². The number of rotatable bonds is 5. The first-order chi connectivity index (χ1) is 16.6. The summed E-state index contributed by atoms with van der Waals surface area (Å²) in [5.74, 6) is 0.442. The van der Waals surface area contributed by atoms with Gasteiger partial charge in [0.15, 0.2) is 5.76 Å². The third kappa shape index (κ3) is 4.99. The average Bonchev–Trinajstić information content (AvgIpc) is 3.39. The molecule has 0 saturated heterocycles. The zero-order valence-corrected chi connectivity index (χ0v) is 19.4. The topological polar surface area (TPSA) is 96.2 Å². The second-order valence-corrected chi connectivity index (χ2v) is 9.19. The summed E-state index contributed by atoms with van der Waals surface area (Å²) in [5.41, 5.74) is 2.39. The molecule has 0 spiro atoms. The molecule has 3 aromatic rings. The molecule has 1 saturated carbocycles. The zero-order valence-electron chi connectivity index (χ0n) is 18.6. The van der Waals surface area contributed by atoms with Gasteiger partial charge in [-0.1, -0.05) is 42.1 Å². The van der Waals surface area contributed by atoms with E-state index in [1.54, 1.807) is 17.0 Å². The normalized spacial score (nSPS) is 17.2. The molecule has 2 aliphatic rings. The quantitative estimate of drug-likeness (QED) is 0.537. The molecule has 1 atom stereocenters. The number of halogens is 2. The summed E-state index contributed by atoms with van der Waals surface area (Å²) in [4.78, 5) is 24.1. The van der Waals surface area contributed by atoms with Crippen LogP contribution in [0.3, 0.4) is 0 Å². The van der Waals surface area contributed by atoms with Gasteiger partial charge in [0.05, 0.1) is 23.5 Å². The van der Waals surface area contributed by atoms with Gasteiger partial charge in [-0.25, -0.2) is 19.2 Å². The van der Waals surface area contributed by atoms with Gasteiger partial charge in [-0.15, -0.1) is 0 Å². The van der Waals surface area contributed by atoms with Gasteiger partial charge in [-0.05, 0) is 42.5 Å². The fourth-order valence-electron chi connectivity index (χ4n) is 4.58. The second kappa shape index (κ2) is 9.97. The van der Waals surface area contributed by atoms with E-state index in [0.717, 1.165) is 24.1 Å². The molecule has 1 aromatic carbocycles. The summed E-state index contributed by atoms with van der Waals surface area (Å²) in [6.07, 6.45) is 9.99. The number of nitrogens with one attached hydrogen (secondary N) is 2. The Bertz CT molecular complexity index is 1150. The maximum absolute atomic E-state index is 14.1. The van der Waals surface area contributed by atoms with E-state index >= 15 is 0 Å². The molecule has 3 heterocycles. The minimum atomic E-state index is -0.711. The van der Waals surface area contributed by atoms with Crippen LogP contribution >= 0.6 is 11.6 Å². The van der Waals surface area contributed by atoms with Crippen molar-refractivity contribution in [3.63, 3.8) is 0 Å². The Labute approximate surface area is 201 Å². The van der Waals surface area contributed by atoms with E-state index in [9.17, 15) is 9.18 Å². The standard InChI is InChI=1S/C24H26ClFN6O2/c25-18-7-6-15(12-19(18)26)22(21-8-10-28-34-21)31-24(33)32-11-9-16-13-27-23(30-20(16)14-32)29-17-4-2-1-3-5-17/h6-8,10,12-13,17,22H,1-5,9,11,14H2,(H,31,33)(H,27,29,30). The molecule has 1 fully saturated rings. The Morgan fingerprint density at radius 1 is 1.24 bits per heavy atom. The highest BCUT2D eigenvalue weighted by atomic mass is 35.5. The number of nitrogens with zero attached hydrogens (tertiary/aromatic N) is 4. The van der Waals surface area contributed by atoms with Gasteiger partial charge >= 0.3 is 6.03 Å². The highest BCUT2D eigenvalue weighted by Gasteiger charge is 2.27. The van der Waals surface area contributed by atoms with Crippen molar-refractivity contribution in [3.05, 3.63) is 70.1 Å². The number of aromatic nitrogens is 3. The first-order valence-electron chi connectivity index (χ1n) is 11.6. The molecule has 8 nitrogen and oxygen atoms in total. The SMILES string of the molecule is O=C(NC(c1ccc(Cl)c(F)c1)c1ccno1)N1CCc2cnc(NC3CCCCC3)nc2C1. The van der Waals surface area contributed by atoms with Crippen LogP contribution in [0.1, 0.15) is 60.7 Å². The van der Waals surface area contributed by atoms with Crippen molar-refractivity contribution in [2.75, 3.05) is 11.9 Å². The number of anilines is 1. The summed E-state index contributed by atoms with van der Waals surface area (Å²) < 4.78 is 19.4. The molecule has 178 valence electrons. The monoisotopic (exact) mass is 484 g/mol. The fourth-order valence-corrected chi connectivity index (χ4v) is 4.69. The van der Waals surface area contributed by atoms with Crippen LogP contribution in [0.15, 0.2) is 41.2 Å². The number of hydrogen-bond acceptors (Lipinski definition) is 6. The van der Waals surface area contributed by atoms with Crippen molar-refractivity contribution in [2.24, 2.45) is 0 Å². The van der Waals surface area contributed by atoms with Gasteiger partial charge in [0.25, 0.3) is 0 Å². The van der Waals surface area contributed by atoms with Crippen LogP contribution in [0.25, 0.3) is 0 Å². The first-order valence-corrected chi connectivity index (χ1v) is 12.0. The van der Waals surface area contributed by atoms with Gasteiger partial charge in [-0.2, -0.15) is 0 Å². The molecule has 10 heteroatoms. The molecule has 34 heavy (non-hydrogen) atoms. The van der Waals surface area contributed by atoms with Gasteiger partial charge in [0.2, 0.25) is 5.95 Å². The number of hydrogen-bond donors (Lipinski definition) is 2. The van der Waals surface area contributed by atoms with E-state index in [4.69, 9.17) is 21.1 Å². The molecule has 2 aromatic heterocycles. The minimum Gasteiger partial charge on any atom is -0.359 e. The lowest BCUT2D eigenvalue weighted by atomic mass is 9.96. The average molecular weight is 485 g/mol. The maximum atomic E-state index is 14.1. The summed E-state index contributed by atoms with van der Waals surface area (Å²) in [6.45, 7) is 0.886. The molecule has 5 rings (SSSR count). The summed E-state index contributed by atoms with van der Waals surface area (Å²) >= 11 is 5.84. The Morgan fingerprint density at radius 2 is 2.09 bits per heavy atom. The molecular formula is C24H26ClFN6O2. The number of fused-ring (bicyclic) bond motifs is 1. The molecule has 1 unspecified atom stereocenters. The molecule has 1 aliphatic heterocycles. The van der Waals surface area contributed by atoms with Crippen molar-refractivity contribution in [3.8, 4) is 0 Å². The van der Waals surface area contributed by atoms with E-state index in [0.29, 0.717) is 42.8 Å². The predicted molar refractivity (Wildman–Crippen MR) is 125 cm³/mol. The summed E-state index contributed by atoms with van der Waals surface area (Å²) in [5, 5.41) is 10.1. The van der Waals surface area contributed by atoms with Crippen molar-refractivity contribution in [2.45, 2.75) is 57.2 Å². The van der Waals surface area contributed by atoms with Crippen LogP contribution in [-0.4, -0.2) is 38.6 Å². The maximum Gasteiger partial charge on any atom is 0.318 e. The molecular weight excluding hydrogens is 459 g/mol. The molecule has 2 N–H and O–H groups in total. The lowest BCUT2D eigenvalue weighted by Crippen LogP contribution is -2.44. The van der Waals surface area contributed by atoms with Crippen molar-refractivity contribution in [1.82, 2.24) is 25.3 Å². The first kappa shape index (κ1) is 22.6. The number of amides is 2. The highest BCUT2D eigenvalue weighted by molar-refractivity contribution is 6.30. The Morgan fingerprint density at radius 3 is 2.85 bits per heavy atom. The van der Waals surface area contributed by atoms with Crippen molar-refractivity contribution >= 4 is 23.6 Å². The van der Waals surface area contributed by atoms with Crippen LogP contribution in [0.2, 0.25) is 5.02 Å². The van der Waals surface area contributed by atoms with Crippen LogP contribution in [0.4, 0.5) is 15.1 Å². The Balaban J connectivity index is 1.30. The van der Waals surface area contributed by atoms with Gasteiger partial charge in [0, 0.05) is 24.8 Å². The molecule has 1 aliphatic carbocycles. The largest absolute Gasteiger partial charge is 0.359 e. The molecule has 0 radical (unpaired) electrons. The Kier molecular flexibility index (Phi) is 6.62. The summed E-state index contributed by atoms with van der Waals surface area (Å²) in [7, 11) is 0. The van der Waals surface area contributed by atoms with E-state index < -0.39 is 11.9 Å².